The summed E-state index contributed by atoms with van der Waals surface area (Å²) in [5.41, 5.74) is 0. The van der Waals surface area contributed by atoms with Crippen molar-refractivity contribution in [2.45, 2.75) is 243 Å². The SMILES string of the molecule is CC/C=C\C/C=C\C/C=C\C/C=C\C/C=C\CCCCCCCCCCCCCC(=O)NC(COC1OC(CO)C(O)C(O)C1O)C(O)CCCCCCCCCCCC. The van der Waals surface area contributed by atoms with Gasteiger partial charge in [-0.3, -0.25) is 4.79 Å². The zero-order chi connectivity index (χ0) is 43.7. The number of carbonyl (C=O) groups is 1. The Bertz CT molecular complexity index is 1120. The van der Waals surface area contributed by atoms with Gasteiger partial charge in [-0.25, -0.2) is 0 Å². The van der Waals surface area contributed by atoms with E-state index in [9.17, 15) is 30.3 Å². The zero-order valence-electron chi connectivity index (χ0n) is 38.2. The summed E-state index contributed by atoms with van der Waals surface area (Å²) < 4.78 is 11.2. The van der Waals surface area contributed by atoms with Crippen molar-refractivity contribution in [3.63, 3.8) is 0 Å². The van der Waals surface area contributed by atoms with Crippen molar-refractivity contribution < 1.29 is 39.8 Å². The minimum Gasteiger partial charge on any atom is -0.394 e. The number of ether oxygens (including phenoxy) is 2. The van der Waals surface area contributed by atoms with Crippen molar-refractivity contribution in [3.05, 3.63) is 60.8 Å². The largest absolute Gasteiger partial charge is 0.394 e. The third kappa shape index (κ3) is 30.8. The number of hydrogen-bond donors (Lipinski definition) is 6. The number of unbranched alkanes of at least 4 members (excludes halogenated alkanes) is 20. The van der Waals surface area contributed by atoms with E-state index < -0.39 is 49.5 Å². The van der Waals surface area contributed by atoms with E-state index in [0.29, 0.717) is 12.8 Å². The maximum absolute atomic E-state index is 13.0. The molecule has 1 fully saturated rings. The van der Waals surface area contributed by atoms with Gasteiger partial charge in [0.1, 0.15) is 24.4 Å². The summed E-state index contributed by atoms with van der Waals surface area (Å²) in [5.74, 6) is -0.152. The van der Waals surface area contributed by atoms with E-state index in [-0.39, 0.29) is 12.5 Å². The van der Waals surface area contributed by atoms with Gasteiger partial charge < -0.3 is 40.3 Å². The van der Waals surface area contributed by atoms with Gasteiger partial charge in [0.05, 0.1) is 25.4 Å². The first-order chi connectivity index (χ1) is 29.3. The molecule has 1 rings (SSSR count). The maximum Gasteiger partial charge on any atom is 0.220 e. The van der Waals surface area contributed by atoms with E-state index >= 15 is 0 Å². The van der Waals surface area contributed by atoms with Crippen LogP contribution in [0.2, 0.25) is 0 Å². The molecule has 0 aromatic heterocycles. The number of amides is 1. The molecule has 1 aliphatic rings. The average Bonchev–Trinajstić information content (AvgIpc) is 3.25. The Morgan fingerprint density at radius 3 is 1.53 bits per heavy atom. The molecule has 348 valence electrons. The summed E-state index contributed by atoms with van der Waals surface area (Å²) in [4.78, 5) is 13.0. The third-order valence-corrected chi connectivity index (χ3v) is 11.4. The van der Waals surface area contributed by atoms with Gasteiger partial charge >= 0.3 is 0 Å². The number of allylic oxidation sites excluding steroid dienone is 10. The fraction of sp³-hybridized carbons (Fsp3) is 0.784. The van der Waals surface area contributed by atoms with Crippen LogP contribution in [0.15, 0.2) is 60.8 Å². The lowest BCUT2D eigenvalue weighted by Crippen LogP contribution is -2.60. The van der Waals surface area contributed by atoms with Gasteiger partial charge in [0.2, 0.25) is 5.91 Å². The van der Waals surface area contributed by atoms with Crippen LogP contribution in [0.4, 0.5) is 0 Å². The fourth-order valence-corrected chi connectivity index (χ4v) is 7.48. The Morgan fingerprint density at radius 1 is 0.583 bits per heavy atom. The van der Waals surface area contributed by atoms with Crippen LogP contribution in [-0.4, -0.2) is 87.5 Å². The topological polar surface area (TPSA) is 149 Å². The molecule has 0 aromatic carbocycles. The molecule has 0 aliphatic carbocycles. The Hall–Kier alpha value is -2.11. The normalized spacial score (nSPS) is 21.1. The number of hydrogen-bond acceptors (Lipinski definition) is 8. The standard InChI is InChI=1S/C51H91NO8/c1-3-5-7-9-11-13-15-16-17-18-19-20-21-22-23-24-25-26-27-28-29-30-31-33-35-37-39-41-47(55)52-44(43-59-51-50(58)49(57)48(56)46(42-53)60-51)45(54)40-38-36-34-32-14-12-10-8-6-4-2/h5,7,11,13,16-17,19-20,22-23,44-46,48-51,53-54,56-58H,3-4,6,8-10,12,14-15,18,21,24-43H2,1-2H3,(H,52,55)/b7-5-,13-11-,17-16-,20-19-,23-22-. The first-order valence-electron chi connectivity index (χ1n) is 24.5. The van der Waals surface area contributed by atoms with E-state index in [2.05, 4.69) is 79.9 Å². The van der Waals surface area contributed by atoms with Crippen molar-refractivity contribution in [2.24, 2.45) is 0 Å². The first kappa shape index (κ1) is 55.9. The molecule has 0 saturated carbocycles. The summed E-state index contributed by atoms with van der Waals surface area (Å²) in [7, 11) is 0. The second kappa shape index (κ2) is 40.9. The van der Waals surface area contributed by atoms with Gasteiger partial charge in [0.15, 0.2) is 6.29 Å². The molecular formula is C51H91NO8. The smallest absolute Gasteiger partial charge is 0.220 e. The first-order valence-corrected chi connectivity index (χ1v) is 24.5. The lowest BCUT2D eigenvalue weighted by atomic mass is 9.99. The minimum absolute atomic E-state index is 0.141. The van der Waals surface area contributed by atoms with E-state index in [1.165, 1.54) is 103 Å². The summed E-state index contributed by atoms with van der Waals surface area (Å²) in [6, 6.07) is -0.721. The molecule has 7 unspecified atom stereocenters. The number of rotatable bonds is 40. The molecule has 1 heterocycles. The quantitative estimate of drug-likeness (QED) is 0.0264. The Morgan fingerprint density at radius 2 is 1.03 bits per heavy atom. The summed E-state index contributed by atoms with van der Waals surface area (Å²) in [5, 5.41) is 54.3. The van der Waals surface area contributed by atoms with Gasteiger partial charge in [0, 0.05) is 6.42 Å². The fourth-order valence-electron chi connectivity index (χ4n) is 7.48. The Labute approximate surface area is 366 Å². The van der Waals surface area contributed by atoms with Crippen molar-refractivity contribution in [1.82, 2.24) is 5.32 Å². The number of carbonyl (C=O) groups excluding carboxylic acids is 1. The maximum atomic E-state index is 13.0. The van der Waals surface area contributed by atoms with Crippen molar-refractivity contribution in [3.8, 4) is 0 Å². The van der Waals surface area contributed by atoms with Gasteiger partial charge in [-0.2, -0.15) is 0 Å². The molecule has 7 atom stereocenters. The van der Waals surface area contributed by atoms with Crippen LogP contribution in [-0.2, 0) is 14.3 Å². The third-order valence-electron chi connectivity index (χ3n) is 11.4. The molecule has 0 radical (unpaired) electrons. The molecule has 6 N–H and O–H groups in total. The molecular weight excluding hydrogens is 755 g/mol. The Kier molecular flexibility index (Phi) is 38.1. The van der Waals surface area contributed by atoms with Gasteiger partial charge in [-0.1, -0.05) is 197 Å². The predicted molar refractivity (Wildman–Crippen MR) is 249 cm³/mol. The van der Waals surface area contributed by atoms with Crippen LogP contribution in [0.3, 0.4) is 0 Å². The van der Waals surface area contributed by atoms with Gasteiger partial charge in [0.25, 0.3) is 0 Å². The summed E-state index contributed by atoms with van der Waals surface area (Å²) >= 11 is 0. The van der Waals surface area contributed by atoms with E-state index in [1.807, 2.05) is 0 Å². The Balaban J connectivity index is 2.20. The molecule has 1 saturated heterocycles. The molecule has 0 spiro atoms. The van der Waals surface area contributed by atoms with Crippen LogP contribution in [0.5, 0.6) is 0 Å². The van der Waals surface area contributed by atoms with Crippen LogP contribution in [0.25, 0.3) is 0 Å². The summed E-state index contributed by atoms with van der Waals surface area (Å²) in [6.45, 7) is 3.69. The molecule has 1 aliphatic heterocycles. The highest BCUT2D eigenvalue weighted by molar-refractivity contribution is 5.76. The van der Waals surface area contributed by atoms with E-state index in [1.54, 1.807) is 0 Å². The highest BCUT2D eigenvalue weighted by atomic mass is 16.7. The van der Waals surface area contributed by atoms with E-state index in [0.717, 1.165) is 70.6 Å². The second-order valence-corrected chi connectivity index (χ2v) is 16.9. The lowest BCUT2D eigenvalue weighted by Gasteiger charge is -2.40. The van der Waals surface area contributed by atoms with Crippen molar-refractivity contribution >= 4 is 5.91 Å². The van der Waals surface area contributed by atoms with Crippen LogP contribution in [0, 0.1) is 0 Å². The predicted octanol–water partition coefficient (Wildman–Crippen LogP) is 10.8. The lowest BCUT2D eigenvalue weighted by molar-refractivity contribution is -0.302. The number of nitrogens with one attached hydrogen (secondary N) is 1. The molecule has 1 amide bonds. The zero-order valence-corrected chi connectivity index (χ0v) is 38.2. The summed E-state index contributed by atoms with van der Waals surface area (Å²) in [6.07, 6.45) is 46.7. The monoisotopic (exact) mass is 846 g/mol. The highest BCUT2D eigenvalue weighted by Gasteiger charge is 2.44. The molecule has 60 heavy (non-hydrogen) atoms. The van der Waals surface area contributed by atoms with Crippen LogP contribution < -0.4 is 5.32 Å². The average molecular weight is 846 g/mol. The van der Waals surface area contributed by atoms with Crippen LogP contribution >= 0.6 is 0 Å². The second-order valence-electron chi connectivity index (χ2n) is 16.9. The molecule has 9 heteroatoms. The van der Waals surface area contributed by atoms with Crippen molar-refractivity contribution in [2.75, 3.05) is 13.2 Å². The molecule has 9 nitrogen and oxygen atoms in total. The van der Waals surface area contributed by atoms with Gasteiger partial charge in [-0.15, -0.1) is 0 Å². The molecule has 0 aromatic rings. The van der Waals surface area contributed by atoms with Gasteiger partial charge in [-0.05, 0) is 57.8 Å². The number of aliphatic hydroxyl groups is 5. The van der Waals surface area contributed by atoms with Crippen LogP contribution in [0.1, 0.15) is 200 Å². The minimum atomic E-state index is -1.55. The van der Waals surface area contributed by atoms with E-state index in [4.69, 9.17) is 9.47 Å². The highest BCUT2D eigenvalue weighted by Crippen LogP contribution is 2.23. The van der Waals surface area contributed by atoms with Crippen molar-refractivity contribution in [1.29, 1.82) is 0 Å². The molecule has 0 bridgehead atoms. The number of aliphatic hydroxyl groups excluding tert-OH is 5.